The summed E-state index contributed by atoms with van der Waals surface area (Å²) < 4.78 is 5.39. The largest absolute Gasteiger partial charge is 0.454 e. The van der Waals surface area contributed by atoms with Crippen LogP contribution >= 0.6 is 0 Å². The average Bonchev–Trinajstić information content (AvgIpc) is 3.72. The fraction of sp³-hybridized carbons (Fsp3) is 0.206. The molecule has 2 amide bonds. The molecule has 1 saturated heterocycles. The van der Waals surface area contributed by atoms with Crippen LogP contribution in [0.4, 0.5) is 11.4 Å². The molecule has 218 valence electrons. The number of pyridine rings is 1. The van der Waals surface area contributed by atoms with Gasteiger partial charge in [0.2, 0.25) is 11.8 Å². The number of fused-ring (bicyclic) bond motifs is 6. The number of nitro groups is 1. The predicted octanol–water partition coefficient (Wildman–Crippen LogP) is 5.47. The second-order valence-electron chi connectivity index (χ2n) is 11.4. The SMILES string of the molecule is Cc1ccc2nc(-c3ccc(N4C(=O)C5C6C=CC(C6)C5C4=O)cc3)cc(C(=O)OCC(=O)c3ccc([N+](=O)[O-])cc3)c2c1. The number of hydrogen-bond donors (Lipinski definition) is 0. The van der Waals surface area contributed by atoms with Crippen LogP contribution in [0.1, 0.15) is 32.7 Å². The molecule has 2 fully saturated rings. The van der Waals surface area contributed by atoms with Crippen molar-refractivity contribution in [3.63, 3.8) is 0 Å². The van der Waals surface area contributed by atoms with E-state index in [1.165, 1.54) is 29.2 Å². The lowest BCUT2D eigenvalue weighted by Crippen LogP contribution is -2.32. The van der Waals surface area contributed by atoms with Gasteiger partial charge in [-0.15, -0.1) is 0 Å². The van der Waals surface area contributed by atoms with Crippen LogP contribution in [-0.4, -0.2) is 40.1 Å². The number of nitrogens with zero attached hydrogens (tertiary/aromatic N) is 3. The fourth-order valence-corrected chi connectivity index (χ4v) is 6.66. The first-order valence-electron chi connectivity index (χ1n) is 14.2. The molecular formula is C34H25N3O7. The standard InChI is InChI=1S/C34H25N3O7/c1-18-2-13-27-25(14-18)26(34(41)44-17-29(38)20-7-11-24(12-8-20)37(42)43)16-28(35-27)19-5-9-23(10-6-19)36-32(39)30-21-3-4-22(15-21)31(30)33(36)40/h2-14,16,21-22,30-31H,15,17H2,1H3. The second kappa shape index (κ2) is 10.3. The molecule has 10 heteroatoms. The average molecular weight is 588 g/mol. The zero-order chi connectivity index (χ0) is 30.7. The summed E-state index contributed by atoms with van der Waals surface area (Å²) in [4.78, 5) is 68.8. The van der Waals surface area contributed by atoms with Crippen LogP contribution in [0.15, 0.2) is 84.9 Å². The number of carbonyl (C=O) groups is 4. The summed E-state index contributed by atoms with van der Waals surface area (Å²) in [5.41, 5.74) is 3.33. The van der Waals surface area contributed by atoms with Crippen LogP contribution in [0.3, 0.4) is 0 Å². The maximum atomic E-state index is 13.3. The van der Waals surface area contributed by atoms with Crippen molar-refractivity contribution in [2.75, 3.05) is 11.5 Å². The van der Waals surface area contributed by atoms with Crippen molar-refractivity contribution in [2.24, 2.45) is 23.7 Å². The number of amides is 2. The Balaban J connectivity index is 1.14. The minimum Gasteiger partial charge on any atom is -0.454 e. The van der Waals surface area contributed by atoms with Crippen molar-refractivity contribution >= 4 is 45.8 Å². The molecule has 2 aliphatic carbocycles. The van der Waals surface area contributed by atoms with Crippen LogP contribution in [0.25, 0.3) is 22.2 Å². The lowest BCUT2D eigenvalue weighted by atomic mass is 9.85. The summed E-state index contributed by atoms with van der Waals surface area (Å²) in [6.45, 7) is 1.34. The molecule has 4 atom stereocenters. The number of anilines is 1. The molecule has 2 heterocycles. The number of benzene rings is 3. The van der Waals surface area contributed by atoms with Gasteiger partial charge in [0.05, 0.1) is 39.2 Å². The van der Waals surface area contributed by atoms with E-state index in [0.29, 0.717) is 27.8 Å². The first-order valence-corrected chi connectivity index (χ1v) is 14.2. The highest BCUT2D eigenvalue weighted by atomic mass is 16.6. The lowest BCUT2D eigenvalue weighted by Gasteiger charge is -2.17. The van der Waals surface area contributed by atoms with Gasteiger partial charge in [-0.3, -0.25) is 29.4 Å². The van der Waals surface area contributed by atoms with Gasteiger partial charge in [-0.25, -0.2) is 9.78 Å². The Kier molecular flexibility index (Phi) is 6.42. The third-order valence-corrected chi connectivity index (χ3v) is 8.81. The monoisotopic (exact) mass is 587 g/mol. The highest BCUT2D eigenvalue weighted by Gasteiger charge is 2.59. The number of hydrogen-bond acceptors (Lipinski definition) is 8. The number of imide groups is 1. The number of esters is 1. The molecule has 4 unspecified atom stereocenters. The smallest absolute Gasteiger partial charge is 0.339 e. The molecule has 7 rings (SSSR count). The Morgan fingerprint density at radius 3 is 2.23 bits per heavy atom. The van der Waals surface area contributed by atoms with E-state index in [4.69, 9.17) is 9.72 Å². The van der Waals surface area contributed by atoms with E-state index in [1.807, 2.05) is 19.1 Å². The van der Waals surface area contributed by atoms with Crippen molar-refractivity contribution in [2.45, 2.75) is 13.3 Å². The summed E-state index contributed by atoms with van der Waals surface area (Å²) in [7, 11) is 0. The summed E-state index contributed by atoms with van der Waals surface area (Å²) in [6, 6.07) is 19.1. The number of Topliss-reactive ketones (excluding diaryl/α,β-unsaturated/α-hetero) is 1. The van der Waals surface area contributed by atoms with Gasteiger partial charge in [0.15, 0.2) is 12.4 Å². The quantitative estimate of drug-likeness (QED) is 0.0693. The summed E-state index contributed by atoms with van der Waals surface area (Å²) in [5, 5.41) is 11.5. The summed E-state index contributed by atoms with van der Waals surface area (Å²) in [6.07, 6.45) is 4.98. The maximum absolute atomic E-state index is 13.3. The van der Waals surface area contributed by atoms with Gasteiger partial charge in [0.25, 0.3) is 5.69 Å². The Bertz CT molecular complexity index is 1900. The number of ketones is 1. The number of rotatable bonds is 7. The normalized spacial score (nSPS) is 21.6. The van der Waals surface area contributed by atoms with E-state index in [0.717, 1.165) is 12.0 Å². The molecule has 4 aromatic rings. The minimum absolute atomic E-state index is 0.124. The van der Waals surface area contributed by atoms with Gasteiger partial charge in [-0.2, -0.15) is 0 Å². The first-order chi connectivity index (χ1) is 21.2. The number of allylic oxidation sites excluding steroid dienone is 2. The van der Waals surface area contributed by atoms with E-state index in [-0.39, 0.29) is 52.3 Å². The van der Waals surface area contributed by atoms with Gasteiger partial charge in [0, 0.05) is 28.6 Å². The number of aromatic nitrogens is 1. The third kappa shape index (κ3) is 4.46. The number of nitro benzene ring substituents is 1. The molecule has 0 N–H and O–H groups in total. The third-order valence-electron chi connectivity index (χ3n) is 8.81. The number of aryl methyl sites for hydroxylation is 1. The molecule has 3 aliphatic rings. The Morgan fingerprint density at radius 2 is 1.59 bits per heavy atom. The van der Waals surface area contributed by atoms with Crippen molar-refractivity contribution < 1.29 is 28.8 Å². The molecule has 2 bridgehead atoms. The number of ether oxygens (including phenoxy) is 1. The molecule has 1 saturated carbocycles. The number of carbonyl (C=O) groups excluding carboxylic acids is 4. The Labute approximate surface area is 251 Å². The van der Waals surface area contributed by atoms with Crippen molar-refractivity contribution in [3.8, 4) is 11.3 Å². The lowest BCUT2D eigenvalue weighted by molar-refractivity contribution is -0.384. The van der Waals surface area contributed by atoms with Crippen molar-refractivity contribution in [1.82, 2.24) is 4.98 Å². The van der Waals surface area contributed by atoms with Crippen LogP contribution < -0.4 is 4.90 Å². The summed E-state index contributed by atoms with van der Waals surface area (Å²) >= 11 is 0. The molecule has 1 aliphatic heterocycles. The highest BCUT2D eigenvalue weighted by Crippen LogP contribution is 2.53. The molecule has 1 aromatic heterocycles. The predicted molar refractivity (Wildman–Crippen MR) is 160 cm³/mol. The first kappa shape index (κ1) is 27.3. The Morgan fingerprint density at radius 1 is 0.932 bits per heavy atom. The van der Waals surface area contributed by atoms with Crippen molar-refractivity contribution in [3.05, 3.63) is 112 Å². The fourth-order valence-electron chi connectivity index (χ4n) is 6.66. The van der Waals surface area contributed by atoms with Crippen LogP contribution in [0, 0.1) is 40.7 Å². The molecular weight excluding hydrogens is 562 g/mol. The van der Waals surface area contributed by atoms with Crippen LogP contribution in [0.2, 0.25) is 0 Å². The zero-order valence-electron chi connectivity index (χ0n) is 23.5. The van der Waals surface area contributed by atoms with Gasteiger partial charge >= 0.3 is 5.97 Å². The van der Waals surface area contributed by atoms with E-state index < -0.39 is 23.3 Å². The molecule has 3 aromatic carbocycles. The van der Waals surface area contributed by atoms with Gasteiger partial charge in [-0.1, -0.05) is 35.9 Å². The minimum atomic E-state index is -0.723. The Hall–Kier alpha value is -5.51. The molecule has 44 heavy (non-hydrogen) atoms. The second-order valence-corrected chi connectivity index (χ2v) is 11.4. The van der Waals surface area contributed by atoms with Crippen LogP contribution in [-0.2, 0) is 14.3 Å². The topological polar surface area (TPSA) is 137 Å². The highest BCUT2D eigenvalue weighted by molar-refractivity contribution is 6.22. The summed E-state index contributed by atoms with van der Waals surface area (Å²) in [5.74, 6) is -1.87. The molecule has 0 spiro atoms. The van der Waals surface area contributed by atoms with E-state index in [1.54, 1.807) is 36.4 Å². The maximum Gasteiger partial charge on any atom is 0.339 e. The van der Waals surface area contributed by atoms with E-state index in [9.17, 15) is 29.3 Å². The molecule has 10 nitrogen and oxygen atoms in total. The number of non-ortho nitro benzene ring substituents is 1. The van der Waals surface area contributed by atoms with Crippen LogP contribution in [0.5, 0.6) is 0 Å². The van der Waals surface area contributed by atoms with E-state index >= 15 is 0 Å². The van der Waals surface area contributed by atoms with Gasteiger partial charge in [0.1, 0.15) is 0 Å². The van der Waals surface area contributed by atoms with Gasteiger partial charge < -0.3 is 4.74 Å². The van der Waals surface area contributed by atoms with E-state index in [2.05, 4.69) is 12.2 Å². The molecule has 0 radical (unpaired) electrons. The zero-order valence-corrected chi connectivity index (χ0v) is 23.5. The van der Waals surface area contributed by atoms with Crippen molar-refractivity contribution in [1.29, 1.82) is 0 Å². The van der Waals surface area contributed by atoms with Gasteiger partial charge in [-0.05, 0) is 67.6 Å².